The molecule has 1 atom stereocenters. The molecule has 0 N–H and O–H groups in total. The summed E-state index contributed by atoms with van der Waals surface area (Å²) in [4.78, 5) is 23.3. The van der Waals surface area contributed by atoms with Gasteiger partial charge in [-0.1, -0.05) is 0 Å². The number of nitrogens with zero attached hydrogens (tertiary/aromatic N) is 4. The van der Waals surface area contributed by atoms with Crippen LogP contribution in [0.15, 0.2) is 11.2 Å². The largest absolute Gasteiger partial charge is 0.359 e. The van der Waals surface area contributed by atoms with Crippen LogP contribution in [-0.2, 0) is 14.6 Å². The molecule has 8 heteroatoms. The van der Waals surface area contributed by atoms with Crippen LogP contribution in [0.25, 0.3) is 0 Å². The average Bonchev–Trinajstić information content (AvgIpc) is 2.85. The Hall–Kier alpha value is -1.70. The van der Waals surface area contributed by atoms with Gasteiger partial charge in [-0.3, -0.25) is 4.79 Å². The molecule has 0 aliphatic carbocycles. The molecular formula is C14H22N4O3S. The molecule has 0 radical (unpaired) electrons. The van der Waals surface area contributed by atoms with E-state index in [2.05, 4.69) is 9.97 Å². The van der Waals surface area contributed by atoms with Crippen molar-refractivity contribution in [3.63, 3.8) is 0 Å². The second kappa shape index (κ2) is 6.20. The average molecular weight is 326 g/mol. The van der Waals surface area contributed by atoms with Crippen molar-refractivity contribution in [1.82, 2.24) is 14.9 Å². The van der Waals surface area contributed by atoms with Crippen LogP contribution in [-0.4, -0.2) is 62.1 Å². The van der Waals surface area contributed by atoms with Crippen molar-refractivity contribution < 1.29 is 13.2 Å². The van der Waals surface area contributed by atoms with E-state index in [4.69, 9.17) is 0 Å². The summed E-state index contributed by atoms with van der Waals surface area (Å²) in [5.41, 5.74) is 0.619. The lowest BCUT2D eigenvalue weighted by molar-refractivity contribution is -0.127. The number of hydrogen-bond donors (Lipinski definition) is 0. The van der Waals surface area contributed by atoms with Gasteiger partial charge in [0.2, 0.25) is 20.9 Å². The zero-order chi connectivity index (χ0) is 16.5. The summed E-state index contributed by atoms with van der Waals surface area (Å²) >= 11 is 0. The van der Waals surface area contributed by atoms with E-state index in [0.717, 1.165) is 32.3 Å². The van der Waals surface area contributed by atoms with Crippen molar-refractivity contribution in [3.05, 3.63) is 11.8 Å². The number of sulfone groups is 1. The number of rotatable bonds is 4. The molecule has 2 heterocycles. The van der Waals surface area contributed by atoms with Crippen LogP contribution >= 0.6 is 0 Å². The van der Waals surface area contributed by atoms with Gasteiger partial charge >= 0.3 is 0 Å². The molecule has 122 valence electrons. The number of carbonyl (C=O) groups is 1. The van der Waals surface area contributed by atoms with Gasteiger partial charge in [0, 0.05) is 51.6 Å². The quantitative estimate of drug-likeness (QED) is 0.749. The number of likely N-dealkylation sites (tertiary alicyclic amines) is 1. The van der Waals surface area contributed by atoms with Crippen LogP contribution in [0.2, 0.25) is 0 Å². The molecule has 0 aromatic carbocycles. The Bertz CT molecular complexity index is 675. The van der Waals surface area contributed by atoms with Gasteiger partial charge < -0.3 is 9.80 Å². The van der Waals surface area contributed by atoms with Crippen LogP contribution in [0.3, 0.4) is 0 Å². The Morgan fingerprint density at radius 1 is 1.45 bits per heavy atom. The fourth-order valence-corrected chi connectivity index (χ4v) is 3.20. The molecule has 1 aromatic rings. The number of aryl methyl sites for hydroxylation is 1. The Kier molecular flexibility index (Phi) is 4.69. The molecule has 1 amide bonds. The predicted octanol–water partition coefficient (Wildman–Crippen LogP) is 0.493. The van der Waals surface area contributed by atoms with Gasteiger partial charge in [-0.05, 0) is 19.3 Å². The molecule has 1 fully saturated rings. The first kappa shape index (κ1) is 16.7. The number of anilines is 1. The van der Waals surface area contributed by atoms with Crippen LogP contribution in [0, 0.1) is 12.8 Å². The lowest BCUT2D eigenvalue weighted by Crippen LogP contribution is -2.30. The molecule has 1 saturated heterocycles. The minimum Gasteiger partial charge on any atom is -0.359 e. The van der Waals surface area contributed by atoms with E-state index in [0.29, 0.717) is 17.4 Å². The molecule has 7 nitrogen and oxygen atoms in total. The molecular weight excluding hydrogens is 304 g/mol. The highest BCUT2D eigenvalue weighted by Crippen LogP contribution is 2.20. The van der Waals surface area contributed by atoms with Crippen LogP contribution < -0.4 is 4.90 Å². The fourth-order valence-electron chi connectivity index (χ4n) is 2.64. The summed E-state index contributed by atoms with van der Waals surface area (Å²) in [5, 5.41) is -0.147. The van der Waals surface area contributed by atoms with Crippen molar-refractivity contribution in [3.8, 4) is 0 Å². The van der Waals surface area contributed by atoms with Crippen molar-refractivity contribution >= 4 is 21.6 Å². The maximum atomic E-state index is 11.6. The molecule has 22 heavy (non-hydrogen) atoms. The van der Waals surface area contributed by atoms with E-state index in [1.165, 1.54) is 0 Å². The number of hydrogen-bond acceptors (Lipinski definition) is 6. The molecule has 0 bridgehead atoms. The summed E-state index contributed by atoms with van der Waals surface area (Å²) in [5.74, 6) is 1.06. The Morgan fingerprint density at radius 2 is 2.14 bits per heavy atom. The standard InChI is InChI=1S/C14H22N4O3S/c1-10-7-13(16-14(15-10)22(4,20)21)17(3)8-12-5-6-18(9-12)11(2)19/h7,12H,5-6,8-9H2,1-4H3. The molecule has 1 aliphatic heterocycles. The van der Waals surface area contributed by atoms with E-state index in [1.807, 2.05) is 16.8 Å². The first-order chi connectivity index (χ1) is 10.2. The second-order valence-electron chi connectivity index (χ2n) is 5.92. The van der Waals surface area contributed by atoms with Crippen molar-refractivity contribution in [2.75, 3.05) is 37.8 Å². The lowest BCUT2D eigenvalue weighted by Gasteiger charge is -2.23. The Morgan fingerprint density at radius 3 is 2.68 bits per heavy atom. The first-order valence-corrected chi connectivity index (χ1v) is 9.08. The summed E-state index contributed by atoms with van der Waals surface area (Å²) in [6.45, 7) is 5.58. The summed E-state index contributed by atoms with van der Waals surface area (Å²) in [7, 11) is -1.55. The van der Waals surface area contributed by atoms with Gasteiger partial charge in [-0.15, -0.1) is 0 Å². The zero-order valence-corrected chi connectivity index (χ0v) is 14.2. The highest BCUT2D eigenvalue weighted by atomic mass is 32.2. The van der Waals surface area contributed by atoms with Gasteiger partial charge in [-0.2, -0.15) is 0 Å². The van der Waals surface area contributed by atoms with Gasteiger partial charge in [0.15, 0.2) is 0 Å². The Balaban J connectivity index is 2.12. The fraction of sp³-hybridized carbons (Fsp3) is 0.643. The smallest absolute Gasteiger partial charge is 0.248 e. The molecule has 1 aromatic heterocycles. The second-order valence-corrected chi connectivity index (χ2v) is 7.83. The van der Waals surface area contributed by atoms with Crippen molar-refractivity contribution in [2.45, 2.75) is 25.4 Å². The van der Waals surface area contributed by atoms with E-state index in [9.17, 15) is 13.2 Å². The highest BCUT2D eigenvalue weighted by molar-refractivity contribution is 7.90. The number of amides is 1. The molecule has 2 rings (SSSR count). The highest BCUT2D eigenvalue weighted by Gasteiger charge is 2.25. The van der Waals surface area contributed by atoms with E-state index in [-0.39, 0.29) is 11.1 Å². The normalized spacial score (nSPS) is 18.5. The molecule has 0 saturated carbocycles. The number of aromatic nitrogens is 2. The molecule has 1 unspecified atom stereocenters. The van der Waals surface area contributed by atoms with Gasteiger partial charge in [0.05, 0.1) is 0 Å². The van der Waals surface area contributed by atoms with Crippen molar-refractivity contribution in [2.24, 2.45) is 5.92 Å². The van der Waals surface area contributed by atoms with E-state index < -0.39 is 9.84 Å². The summed E-state index contributed by atoms with van der Waals surface area (Å²) in [6.07, 6.45) is 2.06. The van der Waals surface area contributed by atoms with E-state index in [1.54, 1.807) is 19.9 Å². The lowest BCUT2D eigenvalue weighted by atomic mass is 10.1. The van der Waals surface area contributed by atoms with Crippen molar-refractivity contribution in [1.29, 1.82) is 0 Å². The van der Waals surface area contributed by atoms with Gasteiger partial charge in [-0.25, -0.2) is 18.4 Å². The predicted molar refractivity (Wildman–Crippen MR) is 83.5 cm³/mol. The van der Waals surface area contributed by atoms with Crippen LogP contribution in [0.4, 0.5) is 5.82 Å². The van der Waals surface area contributed by atoms with Crippen LogP contribution in [0.5, 0.6) is 0 Å². The minimum atomic E-state index is -3.43. The number of carbonyl (C=O) groups excluding carboxylic acids is 1. The summed E-state index contributed by atoms with van der Waals surface area (Å²) < 4.78 is 23.3. The Labute approximate surface area is 131 Å². The van der Waals surface area contributed by atoms with Gasteiger partial charge in [0.1, 0.15) is 5.82 Å². The zero-order valence-electron chi connectivity index (χ0n) is 13.4. The SMILES string of the molecule is CC(=O)N1CCC(CN(C)c2cc(C)nc(S(C)(=O)=O)n2)C1. The van der Waals surface area contributed by atoms with E-state index >= 15 is 0 Å². The third-order valence-electron chi connectivity index (χ3n) is 3.81. The first-order valence-electron chi connectivity index (χ1n) is 7.19. The molecule has 0 spiro atoms. The monoisotopic (exact) mass is 326 g/mol. The third-order valence-corrected chi connectivity index (χ3v) is 4.65. The third kappa shape index (κ3) is 3.94. The summed E-state index contributed by atoms with van der Waals surface area (Å²) in [6, 6.07) is 1.77. The van der Waals surface area contributed by atoms with Crippen LogP contribution in [0.1, 0.15) is 19.0 Å². The molecule has 1 aliphatic rings. The minimum absolute atomic E-state index is 0.0994. The maximum absolute atomic E-state index is 11.6. The topological polar surface area (TPSA) is 83.5 Å². The maximum Gasteiger partial charge on any atom is 0.248 e. The van der Waals surface area contributed by atoms with Gasteiger partial charge in [0.25, 0.3) is 0 Å².